The van der Waals surface area contributed by atoms with Crippen molar-refractivity contribution in [1.82, 2.24) is 5.32 Å². The number of ether oxygens (including phenoxy) is 3. The molecule has 0 aromatic heterocycles. The van der Waals surface area contributed by atoms with Crippen LogP contribution in [0.1, 0.15) is 21.5 Å². The van der Waals surface area contributed by atoms with E-state index in [1.165, 1.54) is 12.1 Å². The molecule has 28 heavy (non-hydrogen) atoms. The third-order valence-electron chi connectivity index (χ3n) is 4.13. The molecule has 146 valence electrons. The highest BCUT2D eigenvalue weighted by atomic mass is 16.7. The Morgan fingerprint density at radius 1 is 1.00 bits per heavy atom. The zero-order valence-corrected chi connectivity index (χ0v) is 15.5. The highest BCUT2D eigenvalue weighted by Gasteiger charge is 2.18. The van der Waals surface area contributed by atoms with Gasteiger partial charge in [0.05, 0.1) is 12.1 Å². The van der Waals surface area contributed by atoms with Crippen LogP contribution in [0.2, 0.25) is 0 Å². The number of anilines is 1. The summed E-state index contributed by atoms with van der Waals surface area (Å²) in [5, 5.41) is 5.18. The van der Waals surface area contributed by atoms with Crippen molar-refractivity contribution in [2.45, 2.75) is 13.8 Å². The molecule has 0 fully saturated rings. The molecule has 3 rings (SSSR count). The molecule has 2 amide bonds. The van der Waals surface area contributed by atoms with Gasteiger partial charge >= 0.3 is 5.97 Å². The van der Waals surface area contributed by atoms with E-state index < -0.39 is 18.5 Å². The molecule has 0 bridgehead atoms. The van der Waals surface area contributed by atoms with Crippen LogP contribution >= 0.6 is 0 Å². The van der Waals surface area contributed by atoms with Crippen molar-refractivity contribution in [3.05, 3.63) is 53.1 Å². The predicted molar refractivity (Wildman–Crippen MR) is 100 cm³/mol. The van der Waals surface area contributed by atoms with Gasteiger partial charge in [0, 0.05) is 5.69 Å². The van der Waals surface area contributed by atoms with E-state index in [2.05, 4.69) is 10.6 Å². The van der Waals surface area contributed by atoms with Crippen molar-refractivity contribution in [3.63, 3.8) is 0 Å². The highest BCUT2D eigenvalue weighted by molar-refractivity contribution is 5.96. The van der Waals surface area contributed by atoms with E-state index in [0.29, 0.717) is 11.5 Å². The zero-order chi connectivity index (χ0) is 20.1. The summed E-state index contributed by atoms with van der Waals surface area (Å²) in [6.07, 6.45) is 0. The summed E-state index contributed by atoms with van der Waals surface area (Å²) in [5.74, 6) is -0.627. The van der Waals surface area contributed by atoms with Crippen LogP contribution in [0.25, 0.3) is 0 Å². The minimum atomic E-state index is -0.673. The lowest BCUT2D eigenvalue weighted by molar-refractivity contribution is -0.126. The van der Waals surface area contributed by atoms with Gasteiger partial charge in [0.2, 0.25) is 12.7 Å². The van der Waals surface area contributed by atoms with Crippen molar-refractivity contribution >= 4 is 23.5 Å². The van der Waals surface area contributed by atoms with E-state index in [-0.39, 0.29) is 24.8 Å². The number of carbonyl (C=O) groups is 3. The first-order valence-corrected chi connectivity index (χ1v) is 8.63. The van der Waals surface area contributed by atoms with E-state index >= 15 is 0 Å². The van der Waals surface area contributed by atoms with Gasteiger partial charge in [0.1, 0.15) is 0 Å². The first-order valence-electron chi connectivity index (χ1n) is 8.63. The van der Waals surface area contributed by atoms with Gasteiger partial charge < -0.3 is 24.8 Å². The van der Waals surface area contributed by atoms with Gasteiger partial charge in [-0.1, -0.05) is 18.2 Å². The molecule has 0 spiro atoms. The molecular weight excluding hydrogens is 364 g/mol. The molecule has 0 saturated heterocycles. The van der Waals surface area contributed by atoms with Gasteiger partial charge in [0.25, 0.3) is 5.91 Å². The molecule has 0 atom stereocenters. The van der Waals surface area contributed by atoms with E-state index in [1.807, 2.05) is 32.0 Å². The van der Waals surface area contributed by atoms with Crippen molar-refractivity contribution in [1.29, 1.82) is 0 Å². The lowest BCUT2D eigenvalue weighted by atomic mass is 10.1. The lowest BCUT2D eigenvalue weighted by Gasteiger charge is -2.12. The summed E-state index contributed by atoms with van der Waals surface area (Å²) in [6.45, 7) is 3.14. The second-order valence-electron chi connectivity index (χ2n) is 6.24. The number of esters is 1. The Bertz CT molecular complexity index is 905. The van der Waals surface area contributed by atoms with Gasteiger partial charge in [0.15, 0.2) is 18.1 Å². The number of benzene rings is 2. The molecule has 8 heteroatoms. The topological polar surface area (TPSA) is 103 Å². The molecular formula is C20H20N2O6. The Morgan fingerprint density at radius 2 is 1.71 bits per heavy atom. The number of aryl methyl sites for hydroxylation is 2. The molecule has 2 aromatic rings. The molecule has 8 nitrogen and oxygen atoms in total. The molecule has 0 aliphatic carbocycles. The fourth-order valence-corrected chi connectivity index (χ4v) is 2.66. The monoisotopic (exact) mass is 384 g/mol. The molecule has 0 saturated carbocycles. The summed E-state index contributed by atoms with van der Waals surface area (Å²) in [7, 11) is 0. The second-order valence-corrected chi connectivity index (χ2v) is 6.24. The highest BCUT2D eigenvalue weighted by Crippen LogP contribution is 2.32. The van der Waals surface area contributed by atoms with Crippen LogP contribution in [-0.2, 0) is 14.3 Å². The average molecular weight is 384 g/mol. The molecule has 1 aliphatic rings. The molecule has 0 radical (unpaired) electrons. The first kappa shape index (κ1) is 19.2. The summed E-state index contributed by atoms with van der Waals surface area (Å²) in [4.78, 5) is 35.9. The lowest BCUT2D eigenvalue weighted by Crippen LogP contribution is -2.35. The fraction of sp³-hybridized carbons (Fsp3) is 0.250. The van der Waals surface area contributed by atoms with Crippen LogP contribution in [0.4, 0.5) is 5.69 Å². The number of carbonyl (C=O) groups excluding carboxylic acids is 3. The van der Waals surface area contributed by atoms with E-state index in [1.54, 1.807) is 6.07 Å². The van der Waals surface area contributed by atoms with Gasteiger partial charge in [-0.15, -0.1) is 0 Å². The first-order chi connectivity index (χ1) is 13.4. The van der Waals surface area contributed by atoms with Crippen molar-refractivity contribution in [2.75, 3.05) is 25.3 Å². The fourth-order valence-electron chi connectivity index (χ4n) is 2.66. The largest absolute Gasteiger partial charge is 0.454 e. The molecule has 0 unspecified atom stereocenters. The van der Waals surface area contributed by atoms with Gasteiger partial charge in [-0.2, -0.15) is 0 Å². The summed E-state index contributed by atoms with van der Waals surface area (Å²) in [6, 6.07) is 10.3. The van der Waals surface area contributed by atoms with E-state index in [4.69, 9.17) is 14.2 Å². The normalized spacial score (nSPS) is 11.6. The maximum atomic E-state index is 12.0. The quantitative estimate of drug-likeness (QED) is 0.738. The Kier molecular flexibility index (Phi) is 5.78. The Labute approximate surface area is 161 Å². The van der Waals surface area contributed by atoms with Gasteiger partial charge in [-0.25, -0.2) is 4.79 Å². The molecule has 1 heterocycles. The van der Waals surface area contributed by atoms with Crippen LogP contribution in [0, 0.1) is 13.8 Å². The van der Waals surface area contributed by atoms with Crippen molar-refractivity contribution in [3.8, 4) is 11.5 Å². The number of amides is 2. The summed E-state index contributed by atoms with van der Waals surface area (Å²) >= 11 is 0. The van der Waals surface area contributed by atoms with Crippen molar-refractivity contribution in [2.24, 2.45) is 0 Å². The number of hydrogen-bond donors (Lipinski definition) is 2. The molecule has 2 aromatic carbocycles. The minimum absolute atomic E-state index is 0.0976. The van der Waals surface area contributed by atoms with Crippen LogP contribution in [-0.4, -0.2) is 37.7 Å². The number of hydrogen-bond acceptors (Lipinski definition) is 6. The van der Waals surface area contributed by atoms with Gasteiger partial charge in [-0.05, 0) is 43.2 Å². The Balaban J connectivity index is 1.44. The summed E-state index contributed by atoms with van der Waals surface area (Å²) in [5.41, 5.74) is 2.82. The van der Waals surface area contributed by atoms with Crippen LogP contribution in [0.5, 0.6) is 11.5 Å². The number of rotatable bonds is 6. The SMILES string of the molecule is Cc1cccc(C)c1NC(=O)CNC(=O)COC(=O)c1ccc2c(c1)OCO2. The second kappa shape index (κ2) is 8.43. The maximum absolute atomic E-state index is 12.0. The van der Waals surface area contributed by atoms with Crippen molar-refractivity contribution < 1.29 is 28.6 Å². The number of fused-ring (bicyclic) bond motifs is 1. The zero-order valence-electron chi connectivity index (χ0n) is 15.5. The standard InChI is InChI=1S/C20H20N2O6/c1-12-4-3-5-13(2)19(12)22-17(23)9-21-18(24)10-26-20(25)14-6-7-15-16(8-14)28-11-27-15/h3-8H,9-11H2,1-2H3,(H,21,24)(H,22,23). The Morgan fingerprint density at radius 3 is 2.46 bits per heavy atom. The third kappa shape index (κ3) is 4.59. The van der Waals surface area contributed by atoms with E-state index in [0.717, 1.165) is 16.8 Å². The maximum Gasteiger partial charge on any atom is 0.338 e. The molecule has 2 N–H and O–H groups in total. The predicted octanol–water partition coefficient (Wildman–Crippen LogP) is 1.94. The van der Waals surface area contributed by atoms with Crippen LogP contribution in [0.15, 0.2) is 36.4 Å². The third-order valence-corrected chi connectivity index (χ3v) is 4.13. The van der Waals surface area contributed by atoms with Gasteiger partial charge in [-0.3, -0.25) is 9.59 Å². The van der Waals surface area contributed by atoms with E-state index in [9.17, 15) is 14.4 Å². The Hall–Kier alpha value is -3.55. The number of nitrogens with one attached hydrogen (secondary N) is 2. The molecule has 1 aliphatic heterocycles. The number of para-hydroxylation sites is 1. The average Bonchev–Trinajstić information content (AvgIpc) is 3.15. The van der Waals surface area contributed by atoms with Crippen LogP contribution < -0.4 is 20.1 Å². The summed E-state index contributed by atoms with van der Waals surface area (Å²) < 4.78 is 15.3. The smallest absolute Gasteiger partial charge is 0.338 e. The van der Waals surface area contributed by atoms with Crippen LogP contribution in [0.3, 0.4) is 0 Å². The minimum Gasteiger partial charge on any atom is -0.454 e.